The highest BCUT2D eigenvalue weighted by atomic mass is 32.2. The molecule has 2 aromatic rings. The molecule has 0 spiro atoms. The number of carbonyl (C=O) groups is 1. The van der Waals surface area contributed by atoms with Crippen LogP contribution in [0.25, 0.3) is 6.08 Å². The lowest BCUT2D eigenvalue weighted by molar-refractivity contribution is -0.122. The van der Waals surface area contributed by atoms with Crippen LogP contribution in [0.4, 0.5) is 0 Å². The van der Waals surface area contributed by atoms with Crippen molar-refractivity contribution in [3.05, 3.63) is 64.6 Å². The van der Waals surface area contributed by atoms with Gasteiger partial charge >= 0.3 is 0 Å². The van der Waals surface area contributed by atoms with Crippen molar-refractivity contribution < 1.29 is 17.9 Å². The maximum atomic E-state index is 12.7. The second kappa shape index (κ2) is 8.84. The van der Waals surface area contributed by atoms with Crippen molar-refractivity contribution in [3.63, 3.8) is 0 Å². The summed E-state index contributed by atoms with van der Waals surface area (Å²) in [5, 5.41) is 0.164. The lowest BCUT2D eigenvalue weighted by Crippen LogP contribution is -2.29. The van der Waals surface area contributed by atoms with Gasteiger partial charge in [-0.15, -0.1) is 4.40 Å². The Labute approximate surface area is 175 Å². The van der Waals surface area contributed by atoms with Crippen LogP contribution in [0.2, 0.25) is 0 Å². The Morgan fingerprint density at radius 1 is 1.07 bits per heavy atom. The van der Waals surface area contributed by atoms with Crippen LogP contribution >= 0.6 is 11.8 Å². The van der Waals surface area contributed by atoms with Crippen molar-refractivity contribution >= 4 is 38.9 Å². The number of thioether (sulfide) groups is 1. The molecule has 3 rings (SSSR count). The molecule has 0 N–H and O–H groups in total. The molecule has 1 aliphatic rings. The number of likely N-dealkylation sites (N-methyl/N-ethyl adjacent to an activating group) is 1. The molecule has 0 radical (unpaired) electrons. The van der Waals surface area contributed by atoms with Crippen molar-refractivity contribution in [2.45, 2.75) is 25.2 Å². The van der Waals surface area contributed by atoms with E-state index in [1.807, 2.05) is 19.1 Å². The SMILES string of the molecule is CCc1ccc(S(=O)(=O)N=C2SC(=Cc3ccc(OC)cc3)C(=O)N2CC)cc1. The first-order chi connectivity index (χ1) is 13.9. The molecule has 1 amide bonds. The average molecular weight is 431 g/mol. The number of amidine groups is 1. The molecule has 1 fully saturated rings. The maximum Gasteiger partial charge on any atom is 0.284 e. The van der Waals surface area contributed by atoms with Gasteiger partial charge in [0.05, 0.1) is 16.9 Å². The highest BCUT2D eigenvalue weighted by Crippen LogP contribution is 2.33. The lowest BCUT2D eigenvalue weighted by Gasteiger charge is -2.12. The Morgan fingerprint density at radius 3 is 2.28 bits per heavy atom. The van der Waals surface area contributed by atoms with E-state index in [2.05, 4.69) is 4.40 Å². The van der Waals surface area contributed by atoms with E-state index in [1.165, 1.54) is 4.90 Å². The fourth-order valence-electron chi connectivity index (χ4n) is 2.76. The summed E-state index contributed by atoms with van der Waals surface area (Å²) in [6.45, 7) is 4.11. The minimum absolute atomic E-state index is 0.110. The Hall–Kier alpha value is -2.58. The average Bonchev–Trinajstić information content (AvgIpc) is 3.02. The van der Waals surface area contributed by atoms with Gasteiger partial charge in [-0.2, -0.15) is 8.42 Å². The van der Waals surface area contributed by atoms with E-state index in [0.717, 1.165) is 35.1 Å². The third kappa shape index (κ3) is 4.71. The molecule has 1 heterocycles. The molecule has 0 unspecified atom stereocenters. The fraction of sp³-hybridized carbons (Fsp3) is 0.238. The van der Waals surface area contributed by atoms with E-state index in [-0.39, 0.29) is 16.0 Å². The van der Waals surface area contributed by atoms with Crippen LogP contribution in [-0.4, -0.2) is 38.0 Å². The molecular formula is C21H22N2O4S2. The van der Waals surface area contributed by atoms with Crippen LogP contribution in [0.1, 0.15) is 25.0 Å². The third-order valence-corrected chi connectivity index (χ3v) is 6.85. The van der Waals surface area contributed by atoms with Gasteiger partial charge in [-0.25, -0.2) is 0 Å². The van der Waals surface area contributed by atoms with Gasteiger partial charge in [0.25, 0.3) is 15.9 Å². The highest BCUT2D eigenvalue weighted by molar-refractivity contribution is 8.19. The molecule has 0 saturated carbocycles. The third-order valence-electron chi connectivity index (χ3n) is 4.45. The molecule has 8 heteroatoms. The van der Waals surface area contributed by atoms with E-state index < -0.39 is 10.0 Å². The Kier molecular flexibility index (Phi) is 6.44. The van der Waals surface area contributed by atoms with Crippen molar-refractivity contribution in [1.29, 1.82) is 0 Å². The number of amides is 1. The number of rotatable bonds is 6. The van der Waals surface area contributed by atoms with E-state index >= 15 is 0 Å². The van der Waals surface area contributed by atoms with Crippen LogP contribution in [0.3, 0.4) is 0 Å². The summed E-state index contributed by atoms with van der Waals surface area (Å²) in [4.78, 5) is 14.6. The molecule has 6 nitrogen and oxygen atoms in total. The molecule has 29 heavy (non-hydrogen) atoms. The van der Waals surface area contributed by atoms with Gasteiger partial charge in [0, 0.05) is 6.54 Å². The van der Waals surface area contributed by atoms with Crippen molar-refractivity contribution in [3.8, 4) is 5.75 Å². The molecule has 0 aliphatic carbocycles. The second-order valence-electron chi connectivity index (χ2n) is 6.28. The van der Waals surface area contributed by atoms with Crippen LogP contribution in [-0.2, 0) is 21.2 Å². The fourth-order valence-corrected chi connectivity index (χ4v) is 5.00. The summed E-state index contributed by atoms with van der Waals surface area (Å²) >= 11 is 1.06. The molecular weight excluding hydrogens is 408 g/mol. The summed E-state index contributed by atoms with van der Waals surface area (Å²) in [6, 6.07) is 13.9. The smallest absolute Gasteiger partial charge is 0.284 e. The van der Waals surface area contributed by atoms with E-state index in [4.69, 9.17) is 4.74 Å². The minimum atomic E-state index is -3.91. The molecule has 0 atom stereocenters. The zero-order valence-electron chi connectivity index (χ0n) is 16.5. The standard InChI is InChI=1S/C21H22N2O4S2/c1-4-15-8-12-18(13-9-15)29(25,26)22-21-23(5-2)20(24)19(28-21)14-16-6-10-17(27-3)11-7-16/h6-14H,4-5H2,1-3H3. The van der Waals surface area contributed by atoms with Gasteiger partial charge < -0.3 is 4.74 Å². The van der Waals surface area contributed by atoms with Gasteiger partial charge in [0.15, 0.2) is 5.17 Å². The first-order valence-corrected chi connectivity index (χ1v) is 11.4. The quantitative estimate of drug-likeness (QED) is 0.649. The number of ether oxygens (including phenoxy) is 1. The van der Waals surface area contributed by atoms with Crippen molar-refractivity contribution in [2.24, 2.45) is 4.40 Å². The molecule has 0 bridgehead atoms. The number of hydrogen-bond acceptors (Lipinski definition) is 5. The second-order valence-corrected chi connectivity index (χ2v) is 8.89. The monoisotopic (exact) mass is 430 g/mol. The van der Waals surface area contributed by atoms with Gasteiger partial charge in [-0.1, -0.05) is 31.2 Å². The van der Waals surface area contributed by atoms with E-state index in [1.54, 1.807) is 56.5 Å². The maximum absolute atomic E-state index is 12.7. The number of sulfonamides is 1. The van der Waals surface area contributed by atoms with Crippen molar-refractivity contribution in [1.82, 2.24) is 4.90 Å². The minimum Gasteiger partial charge on any atom is -0.497 e. The van der Waals surface area contributed by atoms with Gasteiger partial charge in [-0.05, 0) is 66.6 Å². The summed E-state index contributed by atoms with van der Waals surface area (Å²) in [7, 11) is -2.33. The predicted molar refractivity (Wildman–Crippen MR) is 116 cm³/mol. The zero-order chi connectivity index (χ0) is 21.0. The van der Waals surface area contributed by atoms with Crippen LogP contribution < -0.4 is 4.74 Å². The number of hydrogen-bond donors (Lipinski definition) is 0. The van der Waals surface area contributed by atoms with Gasteiger partial charge in [0.2, 0.25) is 0 Å². The highest BCUT2D eigenvalue weighted by Gasteiger charge is 2.34. The first-order valence-electron chi connectivity index (χ1n) is 9.17. The Bertz CT molecular complexity index is 1060. The first kappa shape index (κ1) is 21.1. The predicted octanol–water partition coefficient (Wildman–Crippen LogP) is 3.94. The summed E-state index contributed by atoms with van der Waals surface area (Å²) in [5.41, 5.74) is 1.86. The van der Waals surface area contributed by atoms with Gasteiger partial charge in [0.1, 0.15) is 5.75 Å². The molecule has 1 aliphatic heterocycles. The number of methoxy groups -OCH3 is 1. The summed E-state index contributed by atoms with van der Waals surface area (Å²) in [6.07, 6.45) is 2.54. The molecule has 2 aromatic carbocycles. The zero-order valence-corrected chi connectivity index (χ0v) is 18.1. The molecule has 0 aromatic heterocycles. The lowest BCUT2D eigenvalue weighted by atomic mass is 10.2. The van der Waals surface area contributed by atoms with Crippen LogP contribution in [0.15, 0.2) is 62.7 Å². The van der Waals surface area contributed by atoms with E-state index in [0.29, 0.717) is 11.4 Å². The number of benzene rings is 2. The van der Waals surface area contributed by atoms with Gasteiger partial charge in [-0.3, -0.25) is 9.69 Å². The summed E-state index contributed by atoms with van der Waals surface area (Å²) < 4.78 is 34.5. The van der Waals surface area contributed by atoms with Crippen molar-refractivity contribution in [2.75, 3.05) is 13.7 Å². The Morgan fingerprint density at radius 2 is 1.72 bits per heavy atom. The normalized spacial score (nSPS) is 17.3. The number of nitrogens with zero attached hydrogens (tertiary/aromatic N) is 2. The topological polar surface area (TPSA) is 76.0 Å². The van der Waals surface area contributed by atoms with E-state index in [9.17, 15) is 13.2 Å². The number of carbonyl (C=O) groups excluding carboxylic acids is 1. The van der Waals surface area contributed by atoms with Crippen LogP contribution in [0.5, 0.6) is 5.75 Å². The molecule has 152 valence electrons. The Balaban J connectivity index is 1.91. The summed E-state index contributed by atoms with van der Waals surface area (Å²) in [5.74, 6) is 0.457. The molecule has 1 saturated heterocycles. The largest absolute Gasteiger partial charge is 0.497 e. The number of aryl methyl sites for hydroxylation is 1. The van der Waals surface area contributed by atoms with Crippen LogP contribution in [0, 0.1) is 0 Å².